The van der Waals surface area contributed by atoms with E-state index in [-0.39, 0.29) is 25.9 Å². The van der Waals surface area contributed by atoms with Gasteiger partial charge in [-0.05, 0) is 20.3 Å². The molecular weight excluding hydrogens is 238 g/mol. The van der Waals surface area contributed by atoms with Gasteiger partial charge in [0, 0.05) is 19.5 Å². The Labute approximate surface area is 106 Å². The second-order valence-corrected chi connectivity index (χ2v) is 5.28. The SMILES string of the molecule is CCC1(C(=O)O)C(=O)CCN(CC(C)(C)O)C1=O. The van der Waals surface area contributed by atoms with Gasteiger partial charge in [0.2, 0.25) is 11.3 Å². The number of aliphatic hydroxyl groups is 1. The largest absolute Gasteiger partial charge is 0.480 e. The zero-order chi connectivity index (χ0) is 14.1. The minimum Gasteiger partial charge on any atom is -0.480 e. The van der Waals surface area contributed by atoms with Gasteiger partial charge in [-0.1, -0.05) is 6.92 Å². The molecule has 0 aromatic carbocycles. The average Bonchev–Trinajstić information content (AvgIpc) is 2.22. The number of hydrogen-bond donors (Lipinski definition) is 2. The third-order valence-electron chi connectivity index (χ3n) is 3.21. The third kappa shape index (κ3) is 2.38. The number of amides is 1. The summed E-state index contributed by atoms with van der Waals surface area (Å²) in [5, 5.41) is 18.9. The van der Waals surface area contributed by atoms with Crippen LogP contribution in [-0.2, 0) is 14.4 Å². The molecule has 1 aliphatic heterocycles. The lowest BCUT2D eigenvalue weighted by molar-refractivity contribution is -0.170. The molecule has 2 N–H and O–H groups in total. The van der Waals surface area contributed by atoms with Crippen molar-refractivity contribution in [2.75, 3.05) is 13.1 Å². The minimum atomic E-state index is -1.97. The standard InChI is InChI=1S/C12H19NO5/c1-4-12(10(16)17)8(14)5-6-13(9(12)15)7-11(2,3)18/h18H,4-7H2,1-3H3,(H,16,17). The zero-order valence-corrected chi connectivity index (χ0v) is 10.9. The topological polar surface area (TPSA) is 94.9 Å². The fourth-order valence-corrected chi connectivity index (χ4v) is 2.27. The third-order valence-corrected chi connectivity index (χ3v) is 3.21. The van der Waals surface area contributed by atoms with Crippen LogP contribution >= 0.6 is 0 Å². The highest BCUT2D eigenvalue weighted by Gasteiger charge is 2.55. The van der Waals surface area contributed by atoms with E-state index >= 15 is 0 Å². The molecule has 18 heavy (non-hydrogen) atoms. The Bertz CT molecular complexity index is 384. The Hall–Kier alpha value is -1.43. The lowest BCUT2D eigenvalue weighted by Crippen LogP contribution is -2.59. The Morgan fingerprint density at radius 3 is 2.39 bits per heavy atom. The molecule has 102 valence electrons. The number of likely N-dealkylation sites (tertiary alicyclic amines) is 1. The van der Waals surface area contributed by atoms with Crippen molar-refractivity contribution in [1.29, 1.82) is 0 Å². The van der Waals surface area contributed by atoms with E-state index in [2.05, 4.69) is 0 Å². The molecule has 0 aromatic heterocycles. The van der Waals surface area contributed by atoms with Crippen LogP contribution < -0.4 is 0 Å². The Morgan fingerprint density at radius 1 is 1.44 bits per heavy atom. The van der Waals surface area contributed by atoms with Crippen LogP contribution in [0.15, 0.2) is 0 Å². The molecule has 6 nitrogen and oxygen atoms in total. The summed E-state index contributed by atoms with van der Waals surface area (Å²) in [4.78, 5) is 36.6. The van der Waals surface area contributed by atoms with E-state index in [1.807, 2.05) is 0 Å². The van der Waals surface area contributed by atoms with Gasteiger partial charge in [-0.3, -0.25) is 14.4 Å². The van der Waals surface area contributed by atoms with Crippen LogP contribution in [0.4, 0.5) is 0 Å². The van der Waals surface area contributed by atoms with E-state index < -0.39 is 28.7 Å². The minimum absolute atomic E-state index is 0.0158. The van der Waals surface area contributed by atoms with Gasteiger partial charge in [-0.15, -0.1) is 0 Å². The maximum atomic E-state index is 12.2. The molecule has 1 rings (SSSR count). The highest BCUT2D eigenvalue weighted by Crippen LogP contribution is 2.32. The van der Waals surface area contributed by atoms with Gasteiger partial charge in [0.15, 0.2) is 5.78 Å². The van der Waals surface area contributed by atoms with Crippen molar-refractivity contribution in [3.63, 3.8) is 0 Å². The number of carboxylic acid groups (broad SMARTS) is 1. The maximum absolute atomic E-state index is 12.2. The van der Waals surface area contributed by atoms with Crippen molar-refractivity contribution in [2.45, 2.75) is 39.2 Å². The predicted octanol–water partition coefficient (Wildman–Crippen LogP) is 0.0397. The van der Waals surface area contributed by atoms with Crippen molar-refractivity contribution in [3.8, 4) is 0 Å². The second kappa shape index (κ2) is 4.68. The van der Waals surface area contributed by atoms with Crippen LogP contribution in [0.25, 0.3) is 0 Å². The first-order valence-corrected chi connectivity index (χ1v) is 5.93. The molecule has 1 saturated heterocycles. The van der Waals surface area contributed by atoms with Gasteiger partial charge in [-0.2, -0.15) is 0 Å². The summed E-state index contributed by atoms with van der Waals surface area (Å²) in [6.45, 7) is 4.76. The van der Waals surface area contributed by atoms with E-state index in [1.54, 1.807) is 0 Å². The van der Waals surface area contributed by atoms with Crippen molar-refractivity contribution in [3.05, 3.63) is 0 Å². The van der Waals surface area contributed by atoms with Crippen molar-refractivity contribution >= 4 is 17.7 Å². The lowest BCUT2D eigenvalue weighted by Gasteiger charge is -2.39. The first-order valence-electron chi connectivity index (χ1n) is 5.93. The molecule has 0 spiro atoms. The molecular formula is C12H19NO5. The van der Waals surface area contributed by atoms with Gasteiger partial charge in [0.05, 0.1) is 5.60 Å². The van der Waals surface area contributed by atoms with Crippen LogP contribution in [0.5, 0.6) is 0 Å². The van der Waals surface area contributed by atoms with Crippen molar-refractivity contribution in [1.82, 2.24) is 4.90 Å². The average molecular weight is 257 g/mol. The number of ketones is 1. The van der Waals surface area contributed by atoms with Gasteiger partial charge in [-0.25, -0.2) is 0 Å². The van der Waals surface area contributed by atoms with Gasteiger partial charge in [0.1, 0.15) is 0 Å². The second-order valence-electron chi connectivity index (χ2n) is 5.28. The van der Waals surface area contributed by atoms with Crippen LogP contribution in [-0.4, -0.2) is 51.5 Å². The zero-order valence-electron chi connectivity index (χ0n) is 10.9. The fraction of sp³-hybridized carbons (Fsp3) is 0.750. The van der Waals surface area contributed by atoms with Crippen LogP contribution in [0.2, 0.25) is 0 Å². The summed E-state index contributed by atoms with van der Waals surface area (Å²) in [7, 11) is 0. The molecule has 0 radical (unpaired) electrons. The molecule has 1 heterocycles. The van der Waals surface area contributed by atoms with E-state index in [0.717, 1.165) is 0 Å². The molecule has 1 unspecified atom stereocenters. The first kappa shape index (κ1) is 14.6. The van der Waals surface area contributed by atoms with E-state index in [4.69, 9.17) is 0 Å². The number of rotatable bonds is 4. The summed E-state index contributed by atoms with van der Waals surface area (Å²) >= 11 is 0. The lowest BCUT2D eigenvalue weighted by atomic mass is 9.75. The maximum Gasteiger partial charge on any atom is 0.326 e. The van der Waals surface area contributed by atoms with Crippen LogP contribution in [0.3, 0.4) is 0 Å². The number of Topliss-reactive ketones (excluding diaryl/α,β-unsaturated/α-hetero) is 1. The first-order chi connectivity index (χ1) is 8.15. The van der Waals surface area contributed by atoms with Crippen LogP contribution in [0, 0.1) is 5.41 Å². The molecule has 0 saturated carbocycles. The number of β-amino-alcohol motifs (C(OH)–C–C–N with tert-alkyl or cyclic N) is 1. The number of piperidine rings is 1. The summed E-state index contributed by atoms with van der Waals surface area (Å²) < 4.78 is 0. The normalized spacial score (nSPS) is 25.4. The summed E-state index contributed by atoms with van der Waals surface area (Å²) in [6, 6.07) is 0. The van der Waals surface area contributed by atoms with E-state index in [9.17, 15) is 24.6 Å². The molecule has 1 atom stereocenters. The molecule has 1 fully saturated rings. The summed E-state index contributed by atoms with van der Waals surface area (Å²) in [5.74, 6) is -2.66. The Kier molecular flexibility index (Phi) is 3.81. The van der Waals surface area contributed by atoms with Gasteiger partial charge in [0.25, 0.3) is 0 Å². The summed E-state index contributed by atoms with van der Waals surface area (Å²) in [5.41, 5.74) is -3.09. The number of hydrogen-bond acceptors (Lipinski definition) is 4. The number of carboxylic acids is 1. The molecule has 1 aliphatic rings. The monoisotopic (exact) mass is 257 g/mol. The molecule has 0 bridgehead atoms. The van der Waals surface area contributed by atoms with E-state index in [0.29, 0.717) is 0 Å². The van der Waals surface area contributed by atoms with Crippen molar-refractivity contribution < 1.29 is 24.6 Å². The molecule has 6 heteroatoms. The molecule has 0 aliphatic carbocycles. The fourth-order valence-electron chi connectivity index (χ4n) is 2.27. The van der Waals surface area contributed by atoms with Gasteiger partial charge < -0.3 is 15.1 Å². The number of nitrogens with zero attached hydrogens (tertiary/aromatic N) is 1. The highest BCUT2D eigenvalue weighted by molar-refractivity contribution is 6.22. The van der Waals surface area contributed by atoms with Crippen molar-refractivity contribution in [2.24, 2.45) is 5.41 Å². The number of aliphatic carboxylic acids is 1. The number of carbonyl (C=O) groups excluding carboxylic acids is 2. The van der Waals surface area contributed by atoms with Crippen LogP contribution in [0.1, 0.15) is 33.6 Å². The molecule has 0 aromatic rings. The summed E-state index contributed by atoms with van der Waals surface area (Å²) in [6.07, 6.45) is -0.0513. The quantitative estimate of drug-likeness (QED) is 0.693. The highest BCUT2D eigenvalue weighted by atomic mass is 16.4. The molecule has 1 amide bonds. The smallest absolute Gasteiger partial charge is 0.326 e. The van der Waals surface area contributed by atoms with E-state index in [1.165, 1.54) is 25.7 Å². The number of carbonyl (C=O) groups is 3. The van der Waals surface area contributed by atoms with Gasteiger partial charge >= 0.3 is 5.97 Å². The Balaban J connectivity index is 3.08. The predicted molar refractivity (Wildman–Crippen MR) is 62.9 cm³/mol. The Morgan fingerprint density at radius 2 is 2.00 bits per heavy atom.